The van der Waals surface area contributed by atoms with Gasteiger partial charge in [-0.05, 0) is 43.4 Å². The van der Waals surface area contributed by atoms with Crippen molar-refractivity contribution in [2.24, 2.45) is 0 Å². The molecule has 1 amide bonds. The van der Waals surface area contributed by atoms with E-state index in [0.717, 1.165) is 24.2 Å². The van der Waals surface area contributed by atoms with E-state index in [4.69, 9.17) is 4.74 Å². The lowest BCUT2D eigenvalue weighted by Crippen LogP contribution is -2.49. The van der Waals surface area contributed by atoms with Gasteiger partial charge in [0, 0.05) is 25.2 Å². The number of halogens is 1. The first-order chi connectivity index (χ1) is 10.2. The monoisotopic (exact) mass is 324 g/mol. The van der Waals surface area contributed by atoms with Gasteiger partial charge >= 0.3 is 0 Å². The quantitative estimate of drug-likeness (QED) is 0.924. The largest absolute Gasteiger partial charge is 0.497 e. The van der Waals surface area contributed by atoms with Crippen LogP contribution in [0.3, 0.4) is 0 Å². The Hall–Kier alpha value is -1.26. The van der Waals surface area contributed by atoms with Crippen molar-refractivity contribution in [3.05, 3.63) is 29.8 Å². The fourth-order valence-corrected chi connectivity index (χ4v) is 3.63. The molecule has 2 unspecified atom stereocenters. The molecule has 0 spiro atoms. The van der Waals surface area contributed by atoms with Crippen LogP contribution in [0.25, 0.3) is 0 Å². The fourth-order valence-electron chi connectivity index (χ4n) is 3.63. The molecular formula is C17H25ClN2O2. The predicted molar refractivity (Wildman–Crippen MR) is 89.7 cm³/mol. The number of ether oxygens (including phenoxy) is 1. The first-order valence-electron chi connectivity index (χ1n) is 7.80. The summed E-state index contributed by atoms with van der Waals surface area (Å²) in [4.78, 5) is 14.5. The molecule has 22 heavy (non-hydrogen) atoms. The highest BCUT2D eigenvalue weighted by Gasteiger charge is 2.36. The van der Waals surface area contributed by atoms with E-state index in [2.05, 4.69) is 5.32 Å². The second-order valence-electron chi connectivity index (χ2n) is 6.30. The van der Waals surface area contributed by atoms with Gasteiger partial charge in [0.05, 0.1) is 13.5 Å². The van der Waals surface area contributed by atoms with Crippen LogP contribution in [0.2, 0.25) is 0 Å². The molecule has 5 heteroatoms. The van der Waals surface area contributed by atoms with E-state index in [1.165, 1.54) is 12.8 Å². The fraction of sp³-hybridized carbons (Fsp3) is 0.588. The van der Waals surface area contributed by atoms with Crippen LogP contribution in [0.15, 0.2) is 24.3 Å². The number of carbonyl (C=O) groups is 1. The van der Waals surface area contributed by atoms with E-state index in [-0.39, 0.29) is 18.3 Å². The molecule has 0 aliphatic carbocycles. The summed E-state index contributed by atoms with van der Waals surface area (Å²) >= 11 is 0. The molecule has 1 aromatic rings. The Bertz CT molecular complexity index is 511. The van der Waals surface area contributed by atoms with E-state index in [0.29, 0.717) is 24.5 Å². The molecule has 122 valence electrons. The topological polar surface area (TPSA) is 41.6 Å². The lowest BCUT2D eigenvalue weighted by molar-refractivity contribution is -0.131. The van der Waals surface area contributed by atoms with Gasteiger partial charge in [-0.3, -0.25) is 4.79 Å². The first kappa shape index (κ1) is 17.1. The Morgan fingerprint density at radius 3 is 2.64 bits per heavy atom. The van der Waals surface area contributed by atoms with Gasteiger partial charge in [0.1, 0.15) is 5.75 Å². The molecule has 0 saturated carbocycles. The molecule has 2 bridgehead atoms. The van der Waals surface area contributed by atoms with Gasteiger partial charge in [0.2, 0.25) is 5.91 Å². The number of nitrogens with zero attached hydrogens (tertiary/aromatic N) is 1. The lowest BCUT2D eigenvalue weighted by atomic mass is 9.98. The zero-order valence-corrected chi connectivity index (χ0v) is 14.1. The molecule has 0 radical (unpaired) electrons. The number of rotatable bonds is 4. The highest BCUT2D eigenvalue weighted by Crippen LogP contribution is 2.29. The number of likely N-dealkylation sites (N-methyl/N-ethyl adjacent to an activating group) is 1. The normalized spacial score (nSPS) is 26.2. The Labute approximate surface area is 138 Å². The highest BCUT2D eigenvalue weighted by atomic mass is 35.5. The van der Waals surface area contributed by atoms with Crippen molar-refractivity contribution < 1.29 is 9.53 Å². The number of piperidine rings is 1. The molecule has 2 aliphatic rings. The van der Waals surface area contributed by atoms with E-state index in [1.54, 1.807) is 7.11 Å². The summed E-state index contributed by atoms with van der Waals surface area (Å²) in [5.74, 6) is 1.01. The van der Waals surface area contributed by atoms with Gasteiger partial charge in [0.15, 0.2) is 0 Å². The van der Waals surface area contributed by atoms with E-state index in [9.17, 15) is 4.79 Å². The minimum atomic E-state index is 0. The maximum atomic E-state index is 12.5. The molecule has 0 aromatic heterocycles. The predicted octanol–water partition coefficient (Wildman–Crippen LogP) is 2.40. The summed E-state index contributed by atoms with van der Waals surface area (Å²) in [6.45, 7) is 0. The summed E-state index contributed by atoms with van der Waals surface area (Å²) in [5.41, 5.74) is 1.02. The molecule has 1 aromatic carbocycles. The molecule has 2 saturated heterocycles. The number of benzene rings is 1. The summed E-state index contributed by atoms with van der Waals surface area (Å²) in [7, 11) is 3.61. The number of hydrogen-bond acceptors (Lipinski definition) is 3. The van der Waals surface area contributed by atoms with Crippen molar-refractivity contribution in [1.29, 1.82) is 0 Å². The zero-order chi connectivity index (χ0) is 14.8. The van der Waals surface area contributed by atoms with Gasteiger partial charge in [0.25, 0.3) is 0 Å². The van der Waals surface area contributed by atoms with E-state index in [1.807, 2.05) is 36.2 Å². The number of fused-ring (bicyclic) bond motifs is 2. The number of methoxy groups -OCH3 is 1. The highest BCUT2D eigenvalue weighted by molar-refractivity contribution is 5.85. The minimum Gasteiger partial charge on any atom is -0.497 e. The Kier molecular flexibility index (Phi) is 5.70. The second-order valence-corrected chi connectivity index (χ2v) is 6.30. The van der Waals surface area contributed by atoms with Gasteiger partial charge < -0.3 is 15.0 Å². The number of nitrogens with one attached hydrogen (secondary N) is 1. The van der Waals surface area contributed by atoms with Crippen LogP contribution in [-0.2, 0) is 11.2 Å². The van der Waals surface area contributed by atoms with Crippen LogP contribution < -0.4 is 10.1 Å². The second kappa shape index (κ2) is 7.34. The van der Waals surface area contributed by atoms with Crippen LogP contribution in [0.5, 0.6) is 5.75 Å². The minimum absolute atomic E-state index is 0. The summed E-state index contributed by atoms with van der Waals surface area (Å²) < 4.78 is 5.22. The van der Waals surface area contributed by atoms with Crippen LogP contribution in [0.1, 0.15) is 31.2 Å². The molecule has 2 heterocycles. The number of carbonyl (C=O) groups excluding carboxylic acids is 1. The van der Waals surface area contributed by atoms with Crippen molar-refractivity contribution in [2.45, 2.75) is 50.2 Å². The smallest absolute Gasteiger partial charge is 0.226 e. The average Bonchev–Trinajstić information content (AvgIpc) is 2.85. The van der Waals surface area contributed by atoms with Crippen molar-refractivity contribution in [1.82, 2.24) is 10.2 Å². The van der Waals surface area contributed by atoms with Crippen LogP contribution in [-0.4, -0.2) is 43.1 Å². The van der Waals surface area contributed by atoms with E-state index >= 15 is 0 Å². The maximum Gasteiger partial charge on any atom is 0.226 e. The third kappa shape index (κ3) is 3.73. The third-order valence-corrected chi connectivity index (χ3v) is 4.88. The summed E-state index contributed by atoms with van der Waals surface area (Å²) in [5, 5.41) is 3.62. The van der Waals surface area contributed by atoms with Crippen molar-refractivity contribution in [3.63, 3.8) is 0 Å². The molecule has 2 aliphatic heterocycles. The van der Waals surface area contributed by atoms with Crippen LogP contribution >= 0.6 is 12.4 Å². The van der Waals surface area contributed by atoms with Crippen molar-refractivity contribution in [3.8, 4) is 5.75 Å². The Morgan fingerprint density at radius 2 is 2.00 bits per heavy atom. The lowest BCUT2D eigenvalue weighted by Gasteiger charge is -2.35. The Balaban J connectivity index is 0.00000176. The number of hydrogen-bond donors (Lipinski definition) is 1. The first-order valence-corrected chi connectivity index (χ1v) is 7.80. The van der Waals surface area contributed by atoms with Crippen molar-refractivity contribution >= 4 is 18.3 Å². The van der Waals surface area contributed by atoms with Gasteiger partial charge in [-0.25, -0.2) is 0 Å². The molecule has 1 N–H and O–H groups in total. The summed E-state index contributed by atoms with van der Waals surface area (Å²) in [6.07, 6.45) is 5.17. The van der Waals surface area contributed by atoms with E-state index < -0.39 is 0 Å². The van der Waals surface area contributed by atoms with Crippen LogP contribution in [0.4, 0.5) is 0 Å². The molecule has 2 atom stereocenters. The molecule has 2 fully saturated rings. The summed E-state index contributed by atoms with van der Waals surface area (Å²) in [6, 6.07) is 9.38. The van der Waals surface area contributed by atoms with Gasteiger partial charge in [-0.1, -0.05) is 12.1 Å². The Morgan fingerprint density at radius 1 is 1.32 bits per heavy atom. The van der Waals surface area contributed by atoms with Crippen LogP contribution in [0, 0.1) is 0 Å². The van der Waals surface area contributed by atoms with Gasteiger partial charge in [-0.15, -0.1) is 12.4 Å². The van der Waals surface area contributed by atoms with Gasteiger partial charge in [-0.2, -0.15) is 0 Å². The average molecular weight is 325 g/mol. The molecule has 4 nitrogen and oxygen atoms in total. The SMILES string of the molecule is COc1cccc(CC(=O)N(C)C2CC3CCC(C2)N3)c1.Cl. The van der Waals surface area contributed by atoms with Crippen molar-refractivity contribution in [2.75, 3.05) is 14.2 Å². The maximum absolute atomic E-state index is 12.5. The number of amides is 1. The zero-order valence-electron chi connectivity index (χ0n) is 13.2. The molecular weight excluding hydrogens is 300 g/mol. The third-order valence-electron chi connectivity index (χ3n) is 4.88. The molecule has 3 rings (SSSR count). The standard InChI is InChI=1S/C17H24N2O2.ClH/c1-19(15-10-13-6-7-14(11-15)18-13)17(20)9-12-4-3-5-16(8-12)21-2;/h3-5,8,13-15,18H,6-7,9-11H2,1-2H3;1H.